The van der Waals surface area contributed by atoms with E-state index in [2.05, 4.69) is 5.32 Å². The third kappa shape index (κ3) is 2.79. The van der Waals surface area contributed by atoms with Gasteiger partial charge in [0, 0.05) is 18.0 Å². The van der Waals surface area contributed by atoms with Gasteiger partial charge in [-0.2, -0.15) is 0 Å². The topological polar surface area (TPSA) is 12.0 Å². The number of hydrogen-bond donors (Lipinski definition) is 1. The van der Waals surface area contributed by atoms with E-state index in [9.17, 15) is 0 Å². The van der Waals surface area contributed by atoms with Gasteiger partial charge in [-0.1, -0.05) is 29.3 Å². The molecule has 15 heavy (non-hydrogen) atoms. The zero-order valence-electron chi connectivity index (χ0n) is 8.19. The summed E-state index contributed by atoms with van der Waals surface area (Å²) < 4.78 is 0. The molecular formula is C11H12Cl3N. The minimum absolute atomic E-state index is 0.174. The first-order valence-electron chi connectivity index (χ1n) is 4.90. The van der Waals surface area contributed by atoms with Crippen LogP contribution in [0, 0.1) is 0 Å². The molecule has 0 spiro atoms. The summed E-state index contributed by atoms with van der Waals surface area (Å²) >= 11 is 17.6. The van der Waals surface area contributed by atoms with Crippen molar-refractivity contribution < 1.29 is 0 Å². The minimum atomic E-state index is 0.174. The van der Waals surface area contributed by atoms with Crippen molar-refractivity contribution in [2.45, 2.75) is 24.9 Å². The summed E-state index contributed by atoms with van der Waals surface area (Å²) in [5.74, 6) is 0.675. The SMILES string of the molecule is ClCC1(NCc2ccc(Cl)c(Cl)c2)CC1. The van der Waals surface area contributed by atoms with Gasteiger partial charge in [0.15, 0.2) is 0 Å². The third-order valence-electron chi connectivity index (χ3n) is 2.76. The van der Waals surface area contributed by atoms with Crippen molar-refractivity contribution in [2.24, 2.45) is 0 Å². The Bertz CT molecular complexity index is 361. The van der Waals surface area contributed by atoms with Crippen LogP contribution in [0.25, 0.3) is 0 Å². The Kier molecular flexibility index (Phi) is 3.46. The van der Waals surface area contributed by atoms with E-state index >= 15 is 0 Å². The quantitative estimate of drug-likeness (QED) is 0.815. The highest BCUT2D eigenvalue weighted by Crippen LogP contribution is 2.36. The summed E-state index contributed by atoms with van der Waals surface area (Å²) in [6, 6.07) is 5.69. The van der Waals surface area contributed by atoms with Crippen LogP contribution in [-0.2, 0) is 6.54 Å². The maximum Gasteiger partial charge on any atom is 0.0595 e. The average Bonchev–Trinajstić information content (AvgIpc) is 3.01. The van der Waals surface area contributed by atoms with Crippen molar-refractivity contribution in [2.75, 3.05) is 5.88 Å². The van der Waals surface area contributed by atoms with Crippen LogP contribution >= 0.6 is 34.8 Å². The molecule has 1 aromatic carbocycles. The molecule has 1 aliphatic rings. The fourth-order valence-electron chi connectivity index (χ4n) is 1.45. The summed E-state index contributed by atoms with van der Waals surface area (Å²) in [5, 5.41) is 4.65. The third-order valence-corrected chi connectivity index (χ3v) is 4.01. The van der Waals surface area contributed by atoms with Crippen molar-refractivity contribution in [1.29, 1.82) is 0 Å². The molecule has 0 amide bonds. The Hall–Kier alpha value is 0.0500. The van der Waals surface area contributed by atoms with Crippen molar-refractivity contribution in [3.05, 3.63) is 33.8 Å². The summed E-state index contributed by atoms with van der Waals surface area (Å²) in [5.41, 5.74) is 1.31. The Morgan fingerprint density at radius 1 is 1.20 bits per heavy atom. The molecule has 0 atom stereocenters. The number of nitrogens with one attached hydrogen (secondary N) is 1. The molecule has 82 valence electrons. The van der Waals surface area contributed by atoms with Gasteiger partial charge in [-0.25, -0.2) is 0 Å². The highest BCUT2D eigenvalue weighted by Gasteiger charge is 2.40. The van der Waals surface area contributed by atoms with Crippen LogP contribution in [-0.4, -0.2) is 11.4 Å². The standard InChI is InChI=1S/C11H12Cl3N/c12-7-11(3-4-11)15-6-8-1-2-9(13)10(14)5-8/h1-2,5,15H,3-4,6-7H2. The first-order chi connectivity index (χ1) is 7.15. The molecule has 0 unspecified atom stereocenters. The van der Waals surface area contributed by atoms with E-state index in [0.717, 1.165) is 24.9 Å². The first kappa shape index (κ1) is 11.5. The number of hydrogen-bond acceptors (Lipinski definition) is 1. The monoisotopic (exact) mass is 263 g/mol. The molecule has 1 fully saturated rings. The van der Waals surface area contributed by atoms with Gasteiger partial charge >= 0.3 is 0 Å². The van der Waals surface area contributed by atoms with E-state index in [1.807, 2.05) is 18.2 Å². The highest BCUT2D eigenvalue weighted by atomic mass is 35.5. The second-order valence-electron chi connectivity index (χ2n) is 4.02. The lowest BCUT2D eigenvalue weighted by Crippen LogP contribution is -2.32. The van der Waals surface area contributed by atoms with Gasteiger partial charge < -0.3 is 5.32 Å². The van der Waals surface area contributed by atoms with E-state index < -0.39 is 0 Å². The van der Waals surface area contributed by atoms with Crippen LogP contribution in [0.3, 0.4) is 0 Å². The van der Waals surface area contributed by atoms with Crippen LogP contribution in [0.5, 0.6) is 0 Å². The maximum absolute atomic E-state index is 5.93. The van der Waals surface area contributed by atoms with Gasteiger partial charge in [-0.15, -0.1) is 11.6 Å². The van der Waals surface area contributed by atoms with Crippen LogP contribution in [0.1, 0.15) is 18.4 Å². The molecule has 0 bridgehead atoms. The normalized spacial score (nSPS) is 17.8. The Balaban J connectivity index is 1.96. The first-order valence-corrected chi connectivity index (χ1v) is 6.19. The number of benzene rings is 1. The lowest BCUT2D eigenvalue weighted by atomic mass is 10.2. The predicted molar refractivity (Wildman–Crippen MR) is 66.0 cm³/mol. The van der Waals surface area contributed by atoms with E-state index in [0.29, 0.717) is 15.9 Å². The van der Waals surface area contributed by atoms with Crippen molar-refractivity contribution >= 4 is 34.8 Å². The Morgan fingerprint density at radius 2 is 1.93 bits per heavy atom. The molecule has 0 aromatic heterocycles. The molecule has 0 saturated heterocycles. The Morgan fingerprint density at radius 3 is 2.47 bits per heavy atom. The lowest BCUT2D eigenvalue weighted by molar-refractivity contribution is 0.543. The average molecular weight is 265 g/mol. The van der Waals surface area contributed by atoms with E-state index in [-0.39, 0.29) is 5.54 Å². The highest BCUT2D eigenvalue weighted by molar-refractivity contribution is 6.42. The summed E-state index contributed by atoms with van der Waals surface area (Å²) in [4.78, 5) is 0. The minimum Gasteiger partial charge on any atom is -0.306 e. The van der Waals surface area contributed by atoms with E-state index in [4.69, 9.17) is 34.8 Å². The molecule has 4 heteroatoms. The molecule has 1 N–H and O–H groups in total. The molecule has 1 saturated carbocycles. The van der Waals surface area contributed by atoms with E-state index in [1.54, 1.807) is 0 Å². The number of halogens is 3. The fourth-order valence-corrected chi connectivity index (χ4v) is 2.13. The van der Waals surface area contributed by atoms with Crippen molar-refractivity contribution in [3.8, 4) is 0 Å². The summed E-state index contributed by atoms with van der Waals surface area (Å²) in [6.07, 6.45) is 2.33. The van der Waals surface area contributed by atoms with Gasteiger partial charge in [0.25, 0.3) is 0 Å². The van der Waals surface area contributed by atoms with Crippen LogP contribution in [0.4, 0.5) is 0 Å². The van der Waals surface area contributed by atoms with Crippen LogP contribution < -0.4 is 5.32 Å². The number of alkyl halides is 1. The fraction of sp³-hybridized carbons (Fsp3) is 0.455. The molecule has 0 heterocycles. The molecule has 2 rings (SSSR count). The molecule has 1 aromatic rings. The summed E-state index contributed by atoms with van der Waals surface area (Å²) in [7, 11) is 0. The summed E-state index contributed by atoms with van der Waals surface area (Å²) in [6.45, 7) is 0.795. The zero-order chi connectivity index (χ0) is 10.9. The van der Waals surface area contributed by atoms with Crippen molar-refractivity contribution in [3.63, 3.8) is 0 Å². The van der Waals surface area contributed by atoms with Gasteiger partial charge in [-0.3, -0.25) is 0 Å². The van der Waals surface area contributed by atoms with Crippen molar-refractivity contribution in [1.82, 2.24) is 5.32 Å². The molecule has 0 aliphatic heterocycles. The molecule has 0 radical (unpaired) electrons. The van der Waals surface area contributed by atoms with Gasteiger partial charge in [0.2, 0.25) is 0 Å². The molecular weight excluding hydrogens is 252 g/mol. The van der Waals surface area contributed by atoms with E-state index in [1.165, 1.54) is 0 Å². The Labute approximate surface area is 105 Å². The second-order valence-corrected chi connectivity index (χ2v) is 5.10. The molecule has 1 nitrogen and oxygen atoms in total. The molecule has 1 aliphatic carbocycles. The smallest absolute Gasteiger partial charge is 0.0595 e. The lowest BCUT2D eigenvalue weighted by Gasteiger charge is -2.14. The van der Waals surface area contributed by atoms with Crippen LogP contribution in [0.2, 0.25) is 10.0 Å². The zero-order valence-corrected chi connectivity index (χ0v) is 10.5. The van der Waals surface area contributed by atoms with Gasteiger partial charge in [0.1, 0.15) is 0 Å². The van der Waals surface area contributed by atoms with Gasteiger partial charge in [0.05, 0.1) is 10.0 Å². The van der Waals surface area contributed by atoms with Crippen LogP contribution in [0.15, 0.2) is 18.2 Å². The largest absolute Gasteiger partial charge is 0.306 e. The second kappa shape index (κ2) is 4.50. The number of rotatable bonds is 4. The predicted octanol–water partition coefficient (Wildman–Crippen LogP) is 3.85. The maximum atomic E-state index is 5.93. The van der Waals surface area contributed by atoms with Gasteiger partial charge in [-0.05, 0) is 30.5 Å².